The SMILES string of the molecule is CC(C)O[C@H]1C[C@@]2(C)C(CC[C@@H]3C2CC[C@]2(C)[C@@H](C#N)CC[C@@H]32)C[C@@H]1O. The van der Waals surface area contributed by atoms with Gasteiger partial charge in [0, 0.05) is 0 Å². The van der Waals surface area contributed by atoms with E-state index in [1.807, 2.05) is 0 Å². The summed E-state index contributed by atoms with van der Waals surface area (Å²) in [7, 11) is 0. The number of aliphatic hydroxyl groups excluding tert-OH is 1. The second kappa shape index (κ2) is 6.49. The summed E-state index contributed by atoms with van der Waals surface area (Å²) in [5.74, 6) is 3.18. The van der Waals surface area contributed by atoms with Crippen molar-refractivity contribution >= 4 is 0 Å². The molecule has 9 atom stereocenters. The van der Waals surface area contributed by atoms with Crippen LogP contribution in [0.5, 0.6) is 0 Å². The van der Waals surface area contributed by atoms with Crippen LogP contribution in [0.15, 0.2) is 0 Å². The molecule has 4 saturated carbocycles. The third-order valence-electron chi connectivity index (χ3n) is 9.26. The van der Waals surface area contributed by atoms with Gasteiger partial charge in [0.05, 0.1) is 30.3 Å². The van der Waals surface area contributed by atoms with Crippen LogP contribution in [0, 0.1) is 51.8 Å². The zero-order valence-corrected chi connectivity index (χ0v) is 17.1. The van der Waals surface area contributed by atoms with E-state index in [9.17, 15) is 10.4 Å². The summed E-state index contributed by atoms with van der Waals surface area (Å²) < 4.78 is 6.15. The Labute approximate surface area is 159 Å². The molecule has 1 N–H and O–H groups in total. The van der Waals surface area contributed by atoms with Crippen LogP contribution in [-0.2, 0) is 4.74 Å². The monoisotopic (exact) mass is 359 g/mol. The molecule has 3 heteroatoms. The summed E-state index contributed by atoms with van der Waals surface area (Å²) in [4.78, 5) is 0. The minimum atomic E-state index is -0.296. The van der Waals surface area contributed by atoms with E-state index in [0.717, 1.165) is 37.0 Å². The minimum Gasteiger partial charge on any atom is -0.390 e. The summed E-state index contributed by atoms with van der Waals surface area (Å²) >= 11 is 0. The van der Waals surface area contributed by atoms with Crippen molar-refractivity contribution < 1.29 is 9.84 Å². The van der Waals surface area contributed by atoms with Crippen LogP contribution >= 0.6 is 0 Å². The number of hydrogen-bond donors (Lipinski definition) is 1. The zero-order chi connectivity index (χ0) is 18.7. The first-order valence-electron chi connectivity index (χ1n) is 11.0. The molecule has 0 aromatic carbocycles. The Bertz CT molecular complexity index is 583. The molecule has 2 unspecified atom stereocenters. The first-order valence-corrected chi connectivity index (χ1v) is 11.0. The summed E-state index contributed by atoms with van der Waals surface area (Å²) in [6.07, 6.45) is 9.24. The van der Waals surface area contributed by atoms with E-state index in [2.05, 4.69) is 33.8 Å². The molecule has 3 nitrogen and oxygen atoms in total. The van der Waals surface area contributed by atoms with Gasteiger partial charge in [-0.05, 0) is 99.7 Å². The normalized spacial score (nSPS) is 53.5. The molecular weight excluding hydrogens is 322 g/mol. The standard InChI is InChI=1S/C23H37NO2/c1-14(2)26-21-12-23(4)15(11-20(21)25)5-7-17-18-8-6-16(13-24)22(18,3)10-9-19(17)23/h14-21,25H,5-12H2,1-4H3/t15?,16-,17+,18+,19?,20+,21+,22-,23+/m1/s1. The first-order chi connectivity index (χ1) is 12.3. The van der Waals surface area contributed by atoms with E-state index in [-0.39, 0.29) is 29.6 Å². The molecule has 4 rings (SSSR count). The number of nitrogens with zero attached hydrogens (tertiary/aromatic N) is 1. The molecule has 0 bridgehead atoms. The highest BCUT2D eigenvalue weighted by molar-refractivity contribution is 5.13. The van der Waals surface area contributed by atoms with E-state index in [4.69, 9.17) is 4.74 Å². The largest absolute Gasteiger partial charge is 0.390 e. The van der Waals surface area contributed by atoms with E-state index in [0.29, 0.717) is 11.3 Å². The van der Waals surface area contributed by atoms with Crippen molar-refractivity contribution in [1.82, 2.24) is 0 Å². The van der Waals surface area contributed by atoms with Crippen LogP contribution in [0.2, 0.25) is 0 Å². The van der Waals surface area contributed by atoms with Gasteiger partial charge in [-0.25, -0.2) is 0 Å². The molecule has 4 fully saturated rings. The highest BCUT2D eigenvalue weighted by Gasteiger charge is 2.61. The maximum absolute atomic E-state index is 10.7. The summed E-state index contributed by atoms with van der Waals surface area (Å²) in [6, 6.07) is 2.65. The van der Waals surface area contributed by atoms with Gasteiger partial charge in [0.1, 0.15) is 0 Å². The van der Waals surface area contributed by atoms with Crippen molar-refractivity contribution in [3.8, 4) is 6.07 Å². The number of rotatable bonds is 2. The third-order valence-corrected chi connectivity index (χ3v) is 9.26. The van der Waals surface area contributed by atoms with Crippen LogP contribution in [0.4, 0.5) is 0 Å². The second-order valence-corrected chi connectivity index (χ2v) is 10.7. The lowest BCUT2D eigenvalue weighted by Gasteiger charge is -2.61. The smallest absolute Gasteiger partial charge is 0.0842 e. The molecule has 4 aliphatic carbocycles. The molecule has 0 saturated heterocycles. The van der Waals surface area contributed by atoms with Gasteiger partial charge in [-0.15, -0.1) is 0 Å². The Balaban J connectivity index is 1.59. The van der Waals surface area contributed by atoms with Crippen molar-refractivity contribution in [1.29, 1.82) is 5.26 Å². The van der Waals surface area contributed by atoms with E-state index >= 15 is 0 Å². The van der Waals surface area contributed by atoms with E-state index in [1.165, 1.54) is 32.1 Å². The van der Waals surface area contributed by atoms with E-state index in [1.54, 1.807) is 0 Å². The van der Waals surface area contributed by atoms with Gasteiger partial charge in [0.15, 0.2) is 0 Å². The van der Waals surface area contributed by atoms with Crippen LogP contribution in [0.25, 0.3) is 0 Å². The molecule has 0 heterocycles. The average molecular weight is 360 g/mol. The Hall–Kier alpha value is -0.590. The molecule has 0 spiro atoms. The highest BCUT2D eigenvalue weighted by Crippen LogP contribution is 2.67. The quantitative estimate of drug-likeness (QED) is 0.760. The van der Waals surface area contributed by atoms with E-state index < -0.39 is 0 Å². The van der Waals surface area contributed by atoms with Crippen LogP contribution < -0.4 is 0 Å². The van der Waals surface area contributed by atoms with Gasteiger partial charge >= 0.3 is 0 Å². The predicted molar refractivity (Wildman–Crippen MR) is 102 cm³/mol. The lowest BCUT2D eigenvalue weighted by Crippen LogP contribution is -2.57. The fourth-order valence-corrected chi connectivity index (χ4v) is 7.95. The second-order valence-electron chi connectivity index (χ2n) is 10.7. The topological polar surface area (TPSA) is 53.2 Å². The van der Waals surface area contributed by atoms with Crippen LogP contribution in [-0.4, -0.2) is 23.4 Å². The van der Waals surface area contributed by atoms with Gasteiger partial charge in [0.2, 0.25) is 0 Å². The third kappa shape index (κ3) is 2.67. The number of hydrogen-bond acceptors (Lipinski definition) is 3. The molecule has 0 aromatic rings. The van der Waals surface area contributed by atoms with Crippen molar-refractivity contribution in [2.45, 2.75) is 97.4 Å². The molecule has 0 aromatic heterocycles. The van der Waals surface area contributed by atoms with Crippen molar-refractivity contribution in [2.24, 2.45) is 40.4 Å². The average Bonchev–Trinajstić information content (AvgIpc) is 2.92. The molecule has 26 heavy (non-hydrogen) atoms. The van der Waals surface area contributed by atoms with Crippen molar-refractivity contribution in [3.63, 3.8) is 0 Å². The molecule has 0 aliphatic heterocycles. The molecular formula is C23H37NO2. The zero-order valence-electron chi connectivity index (χ0n) is 17.1. The molecule has 0 radical (unpaired) electrons. The first kappa shape index (κ1) is 18.8. The Kier molecular flexibility index (Phi) is 4.68. The molecule has 146 valence electrons. The Morgan fingerprint density at radius 2 is 1.77 bits per heavy atom. The highest BCUT2D eigenvalue weighted by atomic mass is 16.5. The fourth-order valence-electron chi connectivity index (χ4n) is 7.95. The summed E-state index contributed by atoms with van der Waals surface area (Å²) in [5.41, 5.74) is 0.550. The summed E-state index contributed by atoms with van der Waals surface area (Å²) in [5, 5.41) is 20.3. The van der Waals surface area contributed by atoms with Gasteiger partial charge in [-0.2, -0.15) is 5.26 Å². The molecule has 0 amide bonds. The van der Waals surface area contributed by atoms with Crippen molar-refractivity contribution in [2.75, 3.05) is 0 Å². The minimum absolute atomic E-state index is 0.00116. The predicted octanol–water partition coefficient (Wildman–Crippen LogP) is 4.93. The number of aliphatic hydroxyl groups is 1. The lowest BCUT2D eigenvalue weighted by molar-refractivity contribution is -0.179. The molecule has 4 aliphatic rings. The Morgan fingerprint density at radius 3 is 2.46 bits per heavy atom. The summed E-state index contributed by atoms with van der Waals surface area (Å²) in [6.45, 7) is 9.09. The van der Waals surface area contributed by atoms with Gasteiger partial charge in [-0.1, -0.05) is 13.8 Å². The number of nitriles is 1. The number of fused-ring (bicyclic) bond motifs is 5. The fraction of sp³-hybridized carbons (Fsp3) is 0.957. The lowest BCUT2D eigenvalue weighted by atomic mass is 9.44. The maximum atomic E-state index is 10.7. The van der Waals surface area contributed by atoms with Crippen LogP contribution in [0.1, 0.15) is 79.1 Å². The van der Waals surface area contributed by atoms with Gasteiger partial charge < -0.3 is 9.84 Å². The Morgan fingerprint density at radius 1 is 1.04 bits per heavy atom. The maximum Gasteiger partial charge on any atom is 0.0842 e. The van der Waals surface area contributed by atoms with Crippen LogP contribution in [0.3, 0.4) is 0 Å². The van der Waals surface area contributed by atoms with Gasteiger partial charge in [0.25, 0.3) is 0 Å². The van der Waals surface area contributed by atoms with Gasteiger partial charge in [-0.3, -0.25) is 0 Å². The number of ether oxygens (including phenoxy) is 1. The van der Waals surface area contributed by atoms with Crippen molar-refractivity contribution in [3.05, 3.63) is 0 Å².